The molecule has 2 heterocycles. The van der Waals surface area contributed by atoms with Crippen LogP contribution in [-0.2, 0) is 6.42 Å². The summed E-state index contributed by atoms with van der Waals surface area (Å²) >= 11 is 0. The van der Waals surface area contributed by atoms with Crippen molar-refractivity contribution in [2.24, 2.45) is 5.41 Å². The minimum atomic E-state index is -0.299. The molecule has 41 heavy (non-hydrogen) atoms. The van der Waals surface area contributed by atoms with Gasteiger partial charge >= 0.3 is 0 Å². The zero-order chi connectivity index (χ0) is 30.2. The van der Waals surface area contributed by atoms with Crippen LogP contribution in [0.5, 0.6) is 0 Å². The molecule has 4 N–H and O–H groups in total. The first-order valence-electron chi connectivity index (χ1n) is 13.3. The van der Waals surface area contributed by atoms with Crippen molar-refractivity contribution in [2.75, 3.05) is 5.73 Å². The van der Waals surface area contributed by atoms with Crippen LogP contribution in [0.15, 0.2) is 97.6 Å². The second-order valence-corrected chi connectivity index (χ2v) is 10.9. The zero-order valence-corrected chi connectivity index (χ0v) is 24.3. The number of H-pyrrole nitrogens is 1. The maximum Gasteiger partial charge on any atom is 0.123 e. The number of aromatic amines is 1. The van der Waals surface area contributed by atoms with Crippen LogP contribution in [0.2, 0.25) is 0 Å². The van der Waals surface area contributed by atoms with E-state index >= 15 is 0 Å². The van der Waals surface area contributed by atoms with Crippen molar-refractivity contribution >= 4 is 22.3 Å². The average Bonchev–Trinajstić information content (AvgIpc) is 3.35. The monoisotopic (exact) mass is 547 g/mol. The van der Waals surface area contributed by atoms with E-state index in [1.807, 2.05) is 25.1 Å². The predicted molar refractivity (Wildman–Crippen MR) is 171 cm³/mol. The summed E-state index contributed by atoms with van der Waals surface area (Å²) in [7, 11) is 0. The van der Waals surface area contributed by atoms with Crippen molar-refractivity contribution in [2.45, 2.75) is 40.5 Å². The van der Waals surface area contributed by atoms with E-state index in [0.717, 1.165) is 62.5 Å². The number of fused-ring (bicyclic) bond motifs is 1. The number of nitrogens with two attached hydrogens (primary N) is 1. The van der Waals surface area contributed by atoms with E-state index in [1.54, 1.807) is 24.5 Å². The number of hydrogen-bond donors (Lipinski definition) is 3. The highest BCUT2D eigenvalue weighted by atomic mass is 19.1. The lowest BCUT2D eigenvalue weighted by Gasteiger charge is -2.21. The average molecular weight is 548 g/mol. The summed E-state index contributed by atoms with van der Waals surface area (Å²) in [6.07, 6.45) is 18.7. The molecule has 0 fully saturated rings. The Kier molecular flexibility index (Phi) is 10.1. The number of terminal acetylenes is 1. The molecule has 0 unspecified atom stereocenters. The molecule has 0 radical (unpaired) electrons. The summed E-state index contributed by atoms with van der Waals surface area (Å²) < 4.78 is 13.9. The first-order valence-corrected chi connectivity index (χ1v) is 13.3. The molecule has 0 saturated heterocycles. The highest BCUT2D eigenvalue weighted by Gasteiger charge is 2.14. The first kappa shape index (κ1) is 30.6. The van der Waals surface area contributed by atoms with Gasteiger partial charge in [0.15, 0.2) is 0 Å². The number of benzene rings is 2. The van der Waals surface area contributed by atoms with Crippen molar-refractivity contribution in [1.82, 2.24) is 20.3 Å². The number of nitrogens with one attached hydrogen (secondary N) is 2. The number of imidazole rings is 1. The second-order valence-electron chi connectivity index (χ2n) is 10.9. The second kappa shape index (κ2) is 13.5. The van der Waals surface area contributed by atoms with Crippen molar-refractivity contribution in [1.29, 1.82) is 0 Å². The Morgan fingerprint density at radius 3 is 2.56 bits per heavy atom. The van der Waals surface area contributed by atoms with Crippen LogP contribution in [-0.4, -0.2) is 15.0 Å². The number of allylic oxidation sites excluding steroid dienone is 5. The van der Waals surface area contributed by atoms with Gasteiger partial charge in [0, 0.05) is 35.3 Å². The molecule has 4 rings (SSSR count). The smallest absolute Gasteiger partial charge is 0.123 e. The maximum absolute atomic E-state index is 13.9. The summed E-state index contributed by atoms with van der Waals surface area (Å²) in [6.45, 7) is 16.7. The lowest BCUT2D eigenvalue weighted by atomic mass is 9.91. The molecule has 0 spiro atoms. The summed E-state index contributed by atoms with van der Waals surface area (Å²) in [6, 6.07) is 12.5. The van der Waals surface area contributed by atoms with Crippen molar-refractivity contribution < 1.29 is 4.39 Å². The summed E-state index contributed by atoms with van der Waals surface area (Å²) in [5.74, 6) is 0.455. The lowest BCUT2D eigenvalue weighted by Crippen LogP contribution is -2.16. The normalized spacial score (nSPS) is 12.0. The van der Waals surface area contributed by atoms with Gasteiger partial charge in [-0.3, -0.25) is 4.98 Å². The van der Waals surface area contributed by atoms with Gasteiger partial charge in [-0.1, -0.05) is 58.2 Å². The van der Waals surface area contributed by atoms with Crippen molar-refractivity contribution in [3.63, 3.8) is 0 Å². The van der Waals surface area contributed by atoms with E-state index in [-0.39, 0.29) is 11.2 Å². The van der Waals surface area contributed by atoms with Crippen molar-refractivity contribution in [3.05, 3.63) is 120 Å². The minimum absolute atomic E-state index is 0.135. The number of aromatic nitrogens is 3. The van der Waals surface area contributed by atoms with Gasteiger partial charge in [0.1, 0.15) is 11.6 Å². The van der Waals surface area contributed by atoms with Gasteiger partial charge in [0.25, 0.3) is 0 Å². The number of hydrogen-bond acceptors (Lipinski definition) is 4. The molecule has 0 saturated carbocycles. The molecule has 0 aliphatic rings. The Labute approximate surface area is 242 Å². The van der Waals surface area contributed by atoms with Crippen LogP contribution >= 0.6 is 0 Å². The molecule has 210 valence electrons. The Balaban J connectivity index is 0.00000226. The standard InChI is InChI=1S/C33H36FN5.C2H2/c1-7-22(16-27(8-2)37-21(3)18-33(4,5)6)23-12-13-29(35)25(14-23)17-31-38-30-20-36-19-28(32(30)39-31)24-10-9-11-26(34)15-24;1-2/h7-16,19-20,37H,2-3,17-18,35H2,1,4-6H3,(H,38,39);1-2H/b22-7+,27-16+;. The SMILES string of the molecule is C#C.C=C/C(=C\C(=C/C)c1ccc(N)c(Cc2nc3c(-c4cccc(F)c4)cncc3[nH]2)c1)NC(=C)CC(C)(C)C. The minimum Gasteiger partial charge on any atom is -0.398 e. The Morgan fingerprint density at radius 1 is 1.15 bits per heavy atom. The Hall–Kier alpha value is -4.89. The highest BCUT2D eigenvalue weighted by Crippen LogP contribution is 2.29. The van der Waals surface area contributed by atoms with E-state index in [4.69, 9.17) is 10.7 Å². The van der Waals surface area contributed by atoms with Crippen LogP contribution in [0.1, 0.15) is 51.1 Å². The van der Waals surface area contributed by atoms with E-state index in [2.05, 4.69) is 80.3 Å². The molecule has 2 aromatic carbocycles. The molecule has 0 bridgehead atoms. The van der Waals surface area contributed by atoms with Gasteiger partial charge in [0.2, 0.25) is 0 Å². The van der Waals surface area contributed by atoms with Gasteiger partial charge in [-0.2, -0.15) is 0 Å². The van der Waals surface area contributed by atoms with Crippen molar-refractivity contribution in [3.8, 4) is 24.0 Å². The molecule has 6 heteroatoms. The van der Waals surface area contributed by atoms with Gasteiger partial charge in [-0.15, -0.1) is 12.8 Å². The maximum atomic E-state index is 13.9. The van der Waals surface area contributed by atoms with Crippen LogP contribution in [0.25, 0.3) is 27.7 Å². The third-order valence-electron chi connectivity index (χ3n) is 6.32. The fourth-order valence-corrected chi connectivity index (χ4v) is 4.59. The fourth-order valence-electron chi connectivity index (χ4n) is 4.59. The van der Waals surface area contributed by atoms with Crippen LogP contribution in [0.4, 0.5) is 10.1 Å². The van der Waals surface area contributed by atoms with Gasteiger partial charge in [0.05, 0.1) is 17.2 Å². The van der Waals surface area contributed by atoms with Gasteiger partial charge in [-0.05, 0) is 77.4 Å². The van der Waals surface area contributed by atoms with E-state index in [0.29, 0.717) is 12.1 Å². The number of halogens is 1. The summed E-state index contributed by atoms with van der Waals surface area (Å²) in [4.78, 5) is 12.5. The number of anilines is 1. The molecular formula is C35H38FN5. The lowest BCUT2D eigenvalue weighted by molar-refractivity contribution is 0.403. The quantitative estimate of drug-likeness (QED) is 0.112. The van der Waals surface area contributed by atoms with Crippen LogP contribution in [0.3, 0.4) is 0 Å². The number of rotatable bonds is 9. The van der Waals surface area contributed by atoms with E-state index < -0.39 is 0 Å². The molecule has 0 atom stereocenters. The molecule has 4 aromatic rings. The topological polar surface area (TPSA) is 79.6 Å². The van der Waals surface area contributed by atoms with Gasteiger partial charge < -0.3 is 16.0 Å². The molecular weight excluding hydrogens is 509 g/mol. The molecule has 5 nitrogen and oxygen atoms in total. The third-order valence-corrected chi connectivity index (χ3v) is 6.32. The summed E-state index contributed by atoms with van der Waals surface area (Å²) in [5, 5.41) is 3.40. The number of nitrogens with zero attached hydrogens (tertiary/aromatic N) is 2. The Morgan fingerprint density at radius 2 is 1.90 bits per heavy atom. The van der Waals surface area contributed by atoms with Gasteiger partial charge in [-0.25, -0.2) is 9.37 Å². The number of nitrogen functional groups attached to an aromatic ring is 1. The number of pyridine rings is 1. The predicted octanol–water partition coefficient (Wildman–Crippen LogP) is 8.20. The molecule has 0 amide bonds. The highest BCUT2D eigenvalue weighted by molar-refractivity contribution is 5.91. The molecule has 0 aliphatic heterocycles. The summed E-state index contributed by atoms with van der Waals surface area (Å²) in [5.41, 5.74) is 15.1. The Bertz CT molecular complexity index is 1630. The van der Waals surface area contributed by atoms with E-state index in [9.17, 15) is 4.39 Å². The third kappa shape index (κ3) is 8.06. The van der Waals surface area contributed by atoms with Crippen LogP contribution in [0, 0.1) is 24.1 Å². The molecule has 2 aromatic heterocycles. The zero-order valence-electron chi connectivity index (χ0n) is 24.3. The van der Waals surface area contributed by atoms with E-state index in [1.165, 1.54) is 12.1 Å². The fraction of sp³-hybridized carbons (Fsp3) is 0.200. The first-order chi connectivity index (χ1) is 19.6. The molecule has 0 aliphatic carbocycles. The largest absolute Gasteiger partial charge is 0.398 e. The van der Waals surface area contributed by atoms with Crippen LogP contribution < -0.4 is 11.1 Å².